The summed E-state index contributed by atoms with van der Waals surface area (Å²) in [5.41, 5.74) is 2.26. The normalized spacial score (nSPS) is 13.9. The lowest BCUT2D eigenvalue weighted by molar-refractivity contribution is 0.0945. The van der Waals surface area contributed by atoms with Crippen LogP contribution in [0.25, 0.3) is 11.0 Å². The molecule has 1 amide bonds. The molecule has 1 aliphatic heterocycles. The van der Waals surface area contributed by atoms with Crippen LogP contribution < -0.4 is 15.5 Å². The lowest BCUT2D eigenvalue weighted by Crippen LogP contribution is -2.36. The number of carbonyl (C=O) groups excluding carboxylic acids is 1. The lowest BCUT2D eigenvalue weighted by atomic mass is 10.1. The summed E-state index contributed by atoms with van der Waals surface area (Å²) in [5.74, 6) is -1.03. The molecule has 8 nitrogen and oxygen atoms in total. The van der Waals surface area contributed by atoms with Gasteiger partial charge in [-0.2, -0.15) is 0 Å². The summed E-state index contributed by atoms with van der Waals surface area (Å²) in [7, 11) is 0. The molecule has 1 aromatic heterocycles. The maximum Gasteiger partial charge on any atom is 0.251 e. The molecule has 0 radical (unpaired) electrons. The van der Waals surface area contributed by atoms with Gasteiger partial charge in [-0.1, -0.05) is 0 Å². The van der Waals surface area contributed by atoms with E-state index >= 15 is 0 Å². The van der Waals surface area contributed by atoms with Crippen molar-refractivity contribution in [1.29, 1.82) is 0 Å². The number of hydrogen-bond acceptors (Lipinski definition) is 7. The van der Waals surface area contributed by atoms with Crippen LogP contribution in [-0.4, -0.2) is 60.4 Å². The van der Waals surface area contributed by atoms with E-state index in [1.54, 1.807) is 18.3 Å². The average molecular weight is 443 g/mol. The first-order valence-corrected chi connectivity index (χ1v) is 10.2. The monoisotopic (exact) mass is 443 g/mol. The van der Waals surface area contributed by atoms with Crippen LogP contribution in [0.2, 0.25) is 0 Å². The summed E-state index contributed by atoms with van der Waals surface area (Å²) >= 11 is 0. The molecular formula is C22H23F2N5O3. The Balaban J connectivity index is 1.69. The molecule has 0 aliphatic carbocycles. The van der Waals surface area contributed by atoms with Gasteiger partial charge >= 0.3 is 0 Å². The standard InChI is InChI=1S/C22H23F2N5O3/c23-16-7-14(8-17(24)11-16)12-26-18-9-15(22(31)25-1-4-30)10-19-21(18)28-20(13-27-19)29-2-5-32-6-3-29/h7-11,13,26,30H,1-6,12H2,(H,25,31). The van der Waals surface area contributed by atoms with Crippen LogP contribution in [0.5, 0.6) is 0 Å². The third-order valence-corrected chi connectivity index (χ3v) is 5.04. The highest BCUT2D eigenvalue weighted by Crippen LogP contribution is 2.26. The molecular weight excluding hydrogens is 420 g/mol. The molecule has 3 N–H and O–H groups in total. The molecule has 0 atom stereocenters. The number of aliphatic hydroxyl groups is 1. The Labute approximate surface area is 183 Å². The molecule has 0 spiro atoms. The fraction of sp³-hybridized carbons (Fsp3) is 0.318. The minimum absolute atomic E-state index is 0.115. The van der Waals surface area contributed by atoms with E-state index in [0.717, 1.165) is 6.07 Å². The highest BCUT2D eigenvalue weighted by Gasteiger charge is 2.17. The van der Waals surface area contributed by atoms with E-state index in [9.17, 15) is 13.6 Å². The van der Waals surface area contributed by atoms with Crippen molar-refractivity contribution in [2.75, 3.05) is 49.7 Å². The fourth-order valence-corrected chi connectivity index (χ4v) is 3.50. The van der Waals surface area contributed by atoms with Crippen LogP contribution in [-0.2, 0) is 11.3 Å². The molecule has 1 fully saturated rings. The fourth-order valence-electron chi connectivity index (χ4n) is 3.50. The number of morpholine rings is 1. The number of aliphatic hydroxyl groups excluding tert-OH is 1. The van der Waals surface area contributed by atoms with Crippen molar-refractivity contribution >= 4 is 28.4 Å². The molecule has 1 aliphatic rings. The van der Waals surface area contributed by atoms with E-state index < -0.39 is 11.6 Å². The van der Waals surface area contributed by atoms with Crippen molar-refractivity contribution in [3.8, 4) is 0 Å². The Morgan fingerprint density at radius 2 is 1.88 bits per heavy atom. The lowest BCUT2D eigenvalue weighted by Gasteiger charge is -2.27. The number of amides is 1. The van der Waals surface area contributed by atoms with Crippen LogP contribution in [0.15, 0.2) is 36.5 Å². The van der Waals surface area contributed by atoms with Crippen molar-refractivity contribution in [3.05, 3.63) is 59.3 Å². The Hall–Kier alpha value is -3.37. The first-order chi connectivity index (χ1) is 15.5. The number of nitrogens with zero attached hydrogens (tertiary/aromatic N) is 3. The van der Waals surface area contributed by atoms with E-state index in [0.29, 0.717) is 60.0 Å². The maximum absolute atomic E-state index is 13.6. The number of nitrogens with one attached hydrogen (secondary N) is 2. The Morgan fingerprint density at radius 3 is 2.59 bits per heavy atom. The van der Waals surface area contributed by atoms with Gasteiger partial charge in [0.2, 0.25) is 0 Å². The minimum atomic E-state index is -0.668. The molecule has 0 unspecified atom stereocenters. The van der Waals surface area contributed by atoms with Gasteiger partial charge in [-0.3, -0.25) is 9.78 Å². The second-order valence-electron chi connectivity index (χ2n) is 7.33. The average Bonchev–Trinajstić information content (AvgIpc) is 2.80. The molecule has 0 saturated carbocycles. The summed E-state index contributed by atoms with van der Waals surface area (Å²) < 4.78 is 32.5. The van der Waals surface area contributed by atoms with Crippen molar-refractivity contribution in [2.24, 2.45) is 0 Å². The third-order valence-electron chi connectivity index (χ3n) is 5.04. The molecule has 2 heterocycles. The summed E-state index contributed by atoms with van der Waals surface area (Å²) in [4.78, 5) is 23.7. The highest BCUT2D eigenvalue weighted by molar-refractivity contribution is 6.01. The minimum Gasteiger partial charge on any atom is -0.395 e. The number of halogens is 2. The number of ether oxygens (including phenoxy) is 1. The zero-order valence-corrected chi connectivity index (χ0v) is 17.3. The van der Waals surface area contributed by atoms with Crippen molar-refractivity contribution in [3.63, 3.8) is 0 Å². The topological polar surface area (TPSA) is 99.6 Å². The van der Waals surface area contributed by atoms with Gasteiger partial charge in [0, 0.05) is 37.8 Å². The number of rotatable bonds is 7. The van der Waals surface area contributed by atoms with Gasteiger partial charge in [-0.25, -0.2) is 13.8 Å². The van der Waals surface area contributed by atoms with Gasteiger partial charge < -0.3 is 25.4 Å². The van der Waals surface area contributed by atoms with Crippen molar-refractivity contribution in [1.82, 2.24) is 15.3 Å². The first kappa shape index (κ1) is 21.8. The largest absolute Gasteiger partial charge is 0.395 e. The Morgan fingerprint density at radius 1 is 1.12 bits per heavy atom. The SMILES string of the molecule is O=C(NCCO)c1cc(NCc2cc(F)cc(F)c2)c2nc(N3CCOCC3)cnc2c1. The van der Waals surface area contributed by atoms with Gasteiger partial charge in [0.05, 0.1) is 37.2 Å². The molecule has 10 heteroatoms. The second-order valence-corrected chi connectivity index (χ2v) is 7.33. The van der Waals surface area contributed by atoms with Crippen LogP contribution in [0.1, 0.15) is 15.9 Å². The van der Waals surface area contributed by atoms with Crippen LogP contribution in [0.3, 0.4) is 0 Å². The van der Waals surface area contributed by atoms with Gasteiger partial charge in [0.15, 0.2) is 0 Å². The van der Waals surface area contributed by atoms with E-state index in [-0.39, 0.29) is 25.6 Å². The maximum atomic E-state index is 13.6. The molecule has 3 aromatic rings. The van der Waals surface area contributed by atoms with E-state index in [1.165, 1.54) is 12.1 Å². The van der Waals surface area contributed by atoms with Gasteiger partial charge in [0.1, 0.15) is 23.0 Å². The van der Waals surface area contributed by atoms with Crippen molar-refractivity contribution in [2.45, 2.75) is 6.54 Å². The van der Waals surface area contributed by atoms with Gasteiger partial charge in [-0.15, -0.1) is 0 Å². The molecule has 0 bridgehead atoms. The zero-order chi connectivity index (χ0) is 22.5. The van der Waals surface area contributed by atoms with Gasteiger partial charge in [0.25, 0.3) is 5.91 Å². The summed E-state index contributed by atoms with van der Waals surface area (Å²) in [6, 6.07) is 6.51. The third kappa shape index (κ3) is 5.09. The van der Waals surface area contributed by atoms with Crippen LogP contribution in [0.4, 0.5) is 20.3 Å². The van der Waals surface area contributed by atoms with E-state index in [1.807, 2.05) is 0 Å². The van der Waals surface area contributed by atoms with Crippen molar-refractivity contribution < 1.29 is 23.4 Å². The number of fused-ring (bicyclic) bond motifs is 1. The van der Waals surface area contributed by atoms with Gasteiger partial charge in [-0.05, 0) is 29.8 Å². The van der Waals surface area contributed by atoms with E-state index in [2.05, 4.69) is 20.5 Å². The summed E-state index contributed by atoms with van der Waals surface area (Å²) in [5, 5.41) is 14.7. The molecule has 1 saturated heterocycles. The number of carbonyl (C=O) groups is 1. The first-order valence-electron chi connectivity index (χ1n) is 10.2. The number of aromatic nitrogens is 2. The zero-order valence-electron chi connectivity index (χ0n) is 17.3. The summed E-state index contributed by atoms with van der Waals surface area (Å²) in [6.45, 7) is 2.62. The number of hydrogen-bond donors (Lipinski definition) is 3. The Bertz CT molecular complexity index is 1100. The second kappa shape index (κ2) is 9.84. The molecule has 4 rings (SSSR count). The predicted molar refractivity (Wildman–Crippen MR) is 116 cm³/mol. The number of anilines is 2. The quantitative estimate of drug-likeness (QED) is 0.514. The molecule has 168 valence electrons. The summed E-state index contributed by atoms with van der Waals surface area (Å²) in [6.07, 6.45) is 1.65. The molecule has 32 heavy (non-hydrogen) atoms. The Kier molecular flexibility index (Phi) is 6.72. The van der Waals surface area contributed by atoms with Crippen LogP contribution >= 0.6 is 0 Å². The molecule has 2 aromatic carbocycles. The highest BCUT2D eigenvalue weighted by atomic mass is 19.1. The van der Waals surface area contributed by atoms with E-state index in [4.69, 9.17) is 14.8 Å². The number of benzene rings is 2. The predicted octanol–water partition coefficient (Wildman–Crippen LogP) is 2.08. The van der Waals surface area contributed by atoms with Crippen LogP contribution in [0, 0.1) is 11.6 Å². The smallest absolute Gasteiger partial charge is 0.251 e.